The highest BCUT2D eigenvalue weighted by Gasteiger charge is 2.42. The number of alkyl carbamates (subject to hydrolysis) is 1. The Hall–Kier alpha value is -1.81. The summed E-state index contributed by atoms with van der Waals surface area (Å²) < 4.78 is 5.33. The third-order valence-corrected chi connectivity index (χ3v) is 6.44. The number of nitriles is 1. The summed E-state index contributed by atoms with van der Waals surface area (Å²) >= 11 is 0. The van der Waals surface area contributed by atoms with Gasteiger partial charge in [-0.1, -0.05) is 6.92 Å². The van der Waals surface area contributed by atoms with E-state index in [1.807, 2.05) is 27.7 Å². The van der Waals surface area contributed by atoms with Crippen LogP contribution in [0, 0.1) is 17.2 Å². The van der Waals surface area contributed by atoms with Crippen LogP contribution in [0.1, 0.15) is 73.1 Å². The van der Waals surface area contributed by atoms with Crippen LogP contribution in [0.5, 0.6) is 0 Å². The molecule has 1 saturated heterocycles. The van der Waals surface area contributed by atoms with Crippen molar-refractivity contribution in [2.24, 2.45) is 5.92 Å². The Morgan fingerprint density at radius 2 is 1.76 bits per heavy atom. The van der Waals surface area contributed by atoms with Gasteiger partial charge in [0.25, 0.3) is 0 Å². The van der Waals surface area contributed by atoms with Gasteiger partial charge in [0.1, 0.15) is 11.1 Å². The third kappa shape index (κ3) is 6.08. The molecule has 29 heavy (non-hydrogen) atoms. The number of likely N-dealkylation sites (tertiary alicyclic amines) is 1. The fourth-order valence-electron chi connectivity index (χ4n) is 4.31. The quantitative estimate of drug-likeness (QED) is 0.774. The van der Waals surface area contributed by atoms with Crippen molar-refractivity contribution >= 4 is 12.0 Å². The van der Waals surface area contributed by atoms with Crippen LogP contribution in [0.15, 0.2) is 0 Å². The molecule has 7 nitrogen and oxygen atoms in total. The monoisotopic (exact) mass is 406 g/mol. The lowest BCUT2D eigenvalue weighted by atomic mass is 9.77. The molecule has 2 fully saturated rings. The number of amides is 2. The van der Waals surface area contributed by atoms with E-state index >= 15 is 0 Å². The second-order valence-corrected chi connectivity index (χ2v) is 9.86. The van der Waals surface area contributed by atoms with Crippen molar-refractivity contribution in [3.63, 3.8) is 0 Å². The molecule has 1 aliphatic carbocycles. The fourth-order valence-corrected chi connectivity index (χ4v) is 4.31. The van der Waals surface area contributed by atoms with E-state index < -0.39 is 11.1 Å². The van der Waals surface area contributed by atoms with E-state index in [4.69, 9.17) is 4.74 Å². The van der Waals surface area contributed by atoms with Gasteiger partial charge in [0.15, 0.2) is 0 Å². The van der Waals surface area contributed by atoms with Crippen molar-refractivity contribution < 1.29 is 14.3 Å². The van der Waals surface area contributed by atoms with Crippen molar-refractivity contribution in [2.45, 2.75) is 96.4 Å². The average Bonchev–Trinajstić information content (AvgIpc) is 2.66. The summed E-state index contributed by atoms with van der Waals surface area (Å²) in [5.41, 5.74) is -1.18. The Morgan fingerprint density at radius 1 is 1.21 bits per heavy atom. The molecule has 0 aromatic carbocycles. The lowest BCUT2D eigenvalue weighted by Gasteiger charge is -2.44. The van der Waals surface area contributed by atoms with Crippen molar-refractivity contribution in [1.82, 2.24) is 15.1 Å². The summed E-state index contributed by atoms with van der Waals surface area (Å²) in [4.78, 5) is 29.0. The summed E-state index contributed by atoms with van der Waals surface area (Å²) in [5, 5.41) is 12.8. The molecular weight excluding hydrogens is 368 g/mol. The normalized spacial score (nSPS) is 27.6. The van der Waals surface area contributed by atoms with Crippen molar-refractivity contribution in [2.75, 3.05) is 20.1 Å². The van der Waals surface area contributed by atoms with E-state index in [2.05, 4.69) is 23.2 Å². The maximum Gasteiger partial charge on any atom is 0.407 e. The van der Waals surface area contributed by atoms with Crippen LogP contribution < -0.4 is 5.32 Å². The molecule has 1 atom stereocenters. The summed E-state index contributed by atoms with van der Waals surface area (Å²) in [6, 6.07) is 2.24. The molecule has 1 heterocycles. The van der Waals surface area contributed by atoms with E-state index in [9.17, 15) is 14.9 Å². The van der Waals surface area contributed by atoms with Crippen molar-refractivity contribution in [1.29, 1.82) is 5.26 Å². The van der Waals surface area contributed by atoms with Crippen LogP contribution in [-0.2, 0) is 9.53 Å². The molecule has 7 heteroatoms. The molecule has 0 bridgehead atoms. The predicted octanol–water partition coefficient (Wildman–Crippen LogP) is 3.29. The van der Waals surface area contributed by atoms with Gasteiger partial charge in [0, 0.05) is 26.2 Å². The number of rotatable bonds is 4. The smallest absolute Gasteiger partial charge is 0.407 e. The Labute approximate surface area is 175 Å². The minimum Gasteiger partial charge on any atom is -0.444 e. The molecule has 0 radical (unpaired) electrons. The summed E-state index contributed by atoms with van der Waals surface area (Å²) in [6.07, 6.45) is 4.65. The van der Waals surface area contributed by atoms with Gasteiger partial charge < -0.3 is 15.0 Å². The first-order valence-electron chi connectivity index (χ1n) is 10.9. The molecule has 1 saturated carbocycles. The lowest BCUT2D eigenvalue weighted by Crippen LogP contribution is -2.57. The molecule has 1 unspecified atom stereocenters. The van der Waals surface area contributed by atoms with Crippen LogP contribution >= 0.6 is 0 Å². The molecular formula is C22H38N4O3. The molecule has 2 amide bonds. The maximum atomic E-state index is 13.1. The minimum atomic E-state index is -0.672. The van der Waals surface area contributed by atoms with Gasteiger partial charge in [0.05, 0.1) is 12.1 Å². The summed E-state index contributed by atoms with van der Waals surface area (Å²) in [7, 11) is 1.79. The van der Waals surface area contributed by atoms with Gasteiger partial charge in [-0.3, -0.25) is 9.69 Å². The van der Waals surface area contributed by atoms with Gasteiger partial charge in [-0.25, -0.2) is 4.79 Å². The average molecular weight is 407 g/mol. The van der Waals surface area contributed by atoms with Crippen LogP contribution in [-0.4, -0.2) is 65.2 Å². The van der Waals surface area contributed by atoms with E-state index in [1.165, 1.54) is 0 Å². The Kier molecular flexibility index (Phi) is 7.56. The SMILES string of the molecule is CC1CCC(C#N)(N(C)C(=O)C(C)N2CCC(NC(=O)OC(C)(C)C)CC2)CC1. The maximum absolute atomic E-state index is 13.1. The number of nitrogens with one attached hydrogen (secondary N) is 1. The number of carbonyl (C=O) groups is 2. The largest absolute Gasteiger partial charge is 0.444 e. The Bertz CT molecular complexity index is 621. The van der Waals surface area contributed by atoms with Crippen molar-refractivity contribution in [3.05, 3.63) is 0 Å². The first-order valence-corrected chi connectivity index (χ1v) is 10.9. The molecule has 164 valence electrons. The zero-order valence-corrected chi connectivity index (χ0v) is 19.0. The number of nitrogens with zero attached hydrogens (tertiary/aromatic N) is 3. The topological polar surface area (TPSA) is 85.7 Å². The molecule has 1 aliphatic heterocycles. The Morgan fingerprint density at radius 3 is 2.24 bits per heavy atom. The number of likely N-dealkylation sites (N-methyl/N-ethyl adjacent to an activating group) is 1. The fraction of sp³-hybridized carbons (Fsp3) is 0.864. The van der Waals surface area contributed by atoms with Gasteiger partial charge in [0.2, 0.25) is 5.91 Å². The van der Waals surface area contributed by atoms with E-state index in [1.54, 1.807) is 11.9 Å². The number of hydrogen-bond donors (Lipinski definition) is 1. The zero-order chi connectivity index (χ0) is 21.8. The van der Waals surface area contributed by atoms with Crippen LogP contribution in [0.25, 0.3) is 0 Å². The van der Waals surface area contributed by atoms with Crippen LogP contribution in [0.4, 0.5) is 4.79 Å². The van der Waals surface area contributed by atoms with Gasteiger partial charge in [-0.2, -0.15) is 5.26 Å². The number of ether oxygens (including phenoxy) is 1. The predicted molar refractivity (Wildman–Crippen MR) is 112 cm³/mol. The second-order valence-electron chi connectivity index (χ2n) is 9.86. The standard InChI is InChI=1S/C22H38N4O3/c1-16-7-11-22(15-23,12-8-16)25(6)19(27)17(2)26-13-9-18(10-14-26)24-20(28)29-21(3,4)5/h16-18H,7-14H2,1-6H3,(H,24,28). The summed E-state index contributed by atoms with van der Waals surface area (Å²) in [6.45, 7) is 11.1. The molecule has 0 aromatic heterocycles. The number of hydrogen-bond acceptors (Lipinski definition) is 5. The highest BCUT2D eigenvalue weighted by Crippen LogP contribution is 2.36. The highest BCUT2D eigenvalue weighted by atomic mass is 16.6. The van der Waals surface area contributed by atoms with E-state index in [0.717, 1.165) is 51.6 Å². The van der Waals surface area contributed by atoms with Gasteiger partial charge in [-0.15, -0.1) is 0 Å². The van der Waals surface area contributed by atoms with E-state index in [-0.39, 0.29) is 24.1 Å². The zero-order valence-electron chi connectivity index (χ0n) is 19.0. The van der Waals surface area contributed by atoms with Crippen LogP contribution in [0.3, 0.4) is 0 Å². The second kappa shape index (κ2) is 9.34. The molecule has 2 aliphatic rings. The molecule has 2 rings (SSSR count). The third-order valence-electron chi connectivity index (χ3n) is 6.44. The first-order chi connectivity index (χ1) is 13.5. The van der Waals surface area contributed by atoms with Gasteiger partial charge >= 0.3 is 6.09 Å². The first kappa shape index (κ1) is 23.5. The minimum absolute atomic E-state index is 0.0136. The molecule has 0 spiro atoms. The lowest BCUT2D eigenvalue weighted by molar-refractivity contribution is -0.141. The highest BCUT2D eigenvalue weighted by molar-refractivity contribution is 5.82. The summed E-state index contributed by atoms with van der Waals surface area (Å²) in [5.74, 6) is 0.633. The Balaban J connectivity index is 1.88. The van der Waals surface area contributed by atoms with Crippen LogP contribution in [0.2, 0.25) is 0 Å². The molecule has 1 N–H and O–H groups in total. The van der Waals surface area contributed by atoms with Crippen molar-refractivity contribution in [3.8, 4) is 6.07 Å². The van der Waals surface area contributed by atoms with E-state index in [0.29, 0.717) is 5.92 Å². The number of piperidine rings is 1. The molecule has 0 aromatic rings. The number of carbonyl (C=O) groups excluding carboxylic acids is 2. The van der Waals surface area contributed by atoms with Gasteiger partial charge in [-0.05, 0) is 72.1 Å².